The molecule has 23 heavy (non-hydrogen) atoms. The first-order valence-corrected chi connectivity index (χ1v) is 6.65. The SMILES string of the molecule is COC(CNC(=O)c1nc(C)n(-c2ccc(F)cc2)n1)C(=O)O. The Kier molecular flexibility index (Phi) is 5.02. The zero-order valence-corrected chi connectivity index (χ0v) is 12.5. The maximum Gasteiger partial charge on any atom is 0.334 e. The van der Waals surface area contributed by atoms with Crippen molar-refractivity contribution in [2.24, 2.45) is 0 Å². The average molecular weight is 322 g/mol. The van der Waals surface area contributed by atoms with E-state index in [-0.39, 0.29) is 18.2 Å². The molecule has 1 amide bonds. The number of nitrogens with one attached hydrogen (secondary N) is 1. The van der Waals surface area contributed by atoms with E-state index < -0.39 is 18.0 Å². The van der Waals surface area contributed by atoms with Gasteiger partial charge < -0.3 is 15.2 Å². The largest absolute Gasteiger partial charge is 0.479 e. The van der Waals surface area contributed by atoms with E-state index in [4.69, 9.17) is 9.84 Å². The van der Waals surface area contributed by atoms with Crippen molar-refractivity contribution in [2.75, 3.05) is 13.7 Å². The molecule has 2 aromatic rings. The average Bonchev–Trinajstić information content (AvgIpc) is 2.90. The van der Waals surface area contributed by atoms with E-state index >= 15 is 0 Å². The maximum atomic E-state index is 12.9. The summed E-state index contributed by atoms with van der Waals surface area (Å²) in [4.78, 5) is 26.8. The van der Waals surface area contributed by atoms with Crippen LogP contribution in [0.25, 0.3) is 5.69 Å². The Bertz CT molecular complexity index is 714. The lowest BCUT2D eigenvalue weighted by Crippen LogP contribution is -2.38. The molecule has 2 rings (SSSR count). The van der Waals surface area contributed by atoms with Crippen LogP contribution >= 0.6 is 0 Å². The smallest absolute Gasteiger partial charge is 0.334 e. The molecule has 1 aromatic carbocycles. The topological polar surface area (TPSA) is 106 Å². The van der Waals surface area contributed by atoms with E-state index in [9.17, 15) is 14.0 Å². The summed E-state index contributed by atoms with van der Waals surface area (Å²) in [6.45, 7) is 1.43. The molecule has 0 bridgehead atoms. The Balaban J connectivity index is 2.12. The van der Waals surface area contributed by atoms with Gasteiger partial charge in [-0.15, -0.1) is 5.10 Å². The van der Waals surface area contributed by atoms with Crippen molar-refractivity contribution >= 4 is 11.9 Å². The van der Waals surface area contributed by atoms with Gasteiger partial charge in [-0.3, -0.25) is 4.79 Å². The summed E-state index contributed by atoms with van der Waals surface area (Å²) in [6, 6.07) is 5.55. The molecule has 0 radical (unpaired) electrons. The van der Waals surface area contributed by atoms with Crippen molar-refractivity contribution in [1.82, 2.24) is 20.1 Å². The van der Waals surface area contributed by atoms with Crippen LogP contribution in [0.1, 0.15) is 16.4 Å². The first-order chi connectivity index (χ1) is 10.9. The Morgan fingerprint density at radius 3 is 2.61 bits per heavy atom. The lowest BCUT2D eigenvalue weighted by Gasteiger charge is -2.10. The number of amides is 1. The van der Waals surface area contributed by atoms with Gasteiger partial charge in [0.05, 0.1) is 12.2 Å². The molecular formula is C14H15FN4O4. The molecule has 0 aliphatic rings. The summed E-state index contributed by atoms with van der Waals surface area (Å²) >= 11 is 0. The number of hydrogen-bond donors (Lipinski definition) is 2. The molecule has 8 nitrogen and oxygen atoms in total. The number of nitrogens with zero attached hydrogens (tertiary/aromatic N) is 3. The summed E-state index contributed by atoms with van der Waals surface area (Å²) < 4.78 is 19.0. The molecule has 9 heteroatoms. The van der Waals surface area contributed by atoms with Crippen LogP contribution in [-0.2, 0) is 9.53 Å². The first kappa shape index (κ1) is 16.6. The maximum absolute atomic E-state index is 12.9. The van der Waals surface area contributed by atoms with Crippen LogP contribution in [0.5, 0.6) is 0 Å². The monoisotopic (exact) mass is 322 g/mol. The molecule has 1 atom stereocenters. The molecule has 122 valence electrons. The number of methoxy groups -OCH3 is 1. The second kappa shape index (κ2) is 6.97. The number of carboxylic acid groups (broad SMARTS) is 1. The summed E-state index contributed by atoms with van der Waals surface area (Å²) in [5.41, 5.74) is 0.552. The van der Waals surface area contributed by atoms with Gasteiger partial charge in [0.15, 0.2) is 6.10 Å². The number of benzene rings is 1. The molecule has 1 unspecified atom stereocenters. The zero-order chi connectivity index (χ0) is 17.0. The van der Waals surface area contributed by atoms with Crippen molar-refractivity contribution < 1.29 is 23.8 Å². The highest BCUT2D eigenvalue weighted by atomic mass is 19.1. The van der Waals surface area contributed by atoms with Crippen molar-refractivity contribution in [3.63, 3.8) is 0 Å². The van der Waals surface area contributed by atoms with Gasteiger partial charge >= 0.3 is 5.97 Å². The summed E-state index contributed by atoms with van der Waals surface area (Å²) in [5.74, 6) is -1.88. The molecule has 1 heterocycles. The van der Waals surface area contributed by atoms with Crippen LogP contribution in [0, 0.1) is 12.7 Å². The molecule has 2 N–H and O–H groups in total. The molecule has 0 saturated heterocycles. The second-order valence-electron chi connectivity index (χ2n) is 4.64. The van der Waals surface area contributed by atoms with Crippen LogP contribution in [0.2, 0.25) is 0 Å². The number of aromatic nitrogens is 3. The van der Waals surface area contributed by atoms with Crippen LogP contribution < -0.4 is 5.32 Å². The third-order valence-corrected chi connectivity index (χ3v) is 3.05. The van der Waals surface area contributed by atoms with E-state index in [0.29, 0.717) is 11.5 Å². The zero-order valence-electron chi connectivity index (χ0n) is 12.5. The van der Waals surface area contributed by atoms with Crippen molar-refractivity contribution in [3.05, 3.63) is 41.7 Å². The Morgan fingerprint density at radius 2 is 2.04 bits per heavy atom. The predicted molar refractivity (Wildman–Crippen MR) is 76.8 cm³/mol. The van der Waals surface area contributed by atoms with E-state index in [1.807, 2.05) is 0 Å². The quantitative estimate of drug-likeness (QED) is 0.804. The number of rotatable bonds is 6. The molecular weight excluding hydrogens is 307 g/mol. The van der Waals surface area contributed by atoms with Gasteiger partial charge in [-0.25, -0.2) is 18.9 Å². The minimum absolute atomic E-state index is 0.118. The molecule has 0 saturated carbocycles. The van der Waals surface area contributed by atoms with E-state index in [2.05, 4.69) is 15.4 Å². The standard InChI is InChI=1S/C14H15FN4O4/c1-8-17-12(13(20)16-7-11(23-2)14(21)22)18-19(8)10-5-3-9(15)4-6-10/h3-6,11H,7H2,1-2H3,(H,16,20)(H,21,22). The number of carbonyl (C=O) groups is 2. The predicted octanol–water partition coefficient (Wildman–Crippen LogP) is 0.544. The summed E-state index contributed by atoms with van der Waals surface area (Å²) in [6.07, 6.45) is -1.15. The number of halogens is 1. The number of aryl methyl sites for hydroxylation is 1. The normalized spacial score (nSPS) is 12.0. The summed E-state index contributed by atoms with van der Waals surface area (Å²) in [5, 5.41) is 15.3. The lowest BCUT2D eigenvalue weighted by atomic mass is 10.3. The lowest BCUT2D eigenvalue weighted by molar-refractivity contribution is -0.148. The number of ether oxygens (including phenoxy) is 1. The Hall–Kier alpha value is -2.81. The fourth-order valence-electron chi connectivity index (χ4n) is 1.85. The van der Waals surface area contributed by atoms with Crippen LogP contribution in [0.3, 0.4) is 0 Å². The minimum atomic E-state index is -1.19. The van der Waals surface area contributed by atoms with Crippen molar-refractivity contribution in [2.45, 2.75) is 13.0 Å². The van der Waals surface area contributed by atoms with Gasteiger partial charge in [-0.1, -0.05) is 0 Å². The number of aliphatic carboxylic acids is 1. The highest BCUT2D eigenvalue weighted by molar-refractivity contribution is 5.90. The number of hydrogen-bond acceptors (Lipinski definition) is 5. The second-order valence-corrected chi connectivity index (χ2v) is 4.64. The molecule has 0 fully saturated rings. The fourth-order valence-corrected chi connectivity index (χ4v) is 1.85. The van der Waals surface area contributed by atoms with Crippen molar-refractivity contribution in [3.8, 4) is 5.69 Å². The first-order valence-electron chi connectivity index (χ1n) is 6.65. The number of carbonyl (C=O) groups excluding carboxylic acids is 1. The van der Waals surface area contributed by atoms with Gasteiger partial charge in [0.1, 0.15) is 11.6 Å². The van der Waals surface area contributed by atoms with E-state index in [1.165, 1.54) is 36.1 Å². The molecule has 0 aliphatic carbocycles. The third kappa shape index (κ3) is 3.89. The van der Waals surface area contributed by atoms with E-state index in [0.717, 1.165) is 0 Å². The van der Waals surface area contributed by atoms with Crippen LogP contribution in [0.4, 0.5) is 4.39 Å². The van der Waals surface area contributed by atoms with Gasteiger partial charge in [-0.05, 0) is 31.2 Å². The molecule has 0 spiro atoms. The third-order valence-electron chi connectivity index (χ3n) is 3.05. The Labute approximate surface area is 130 Å². The number of carboxylic acids is 1. The van der Waals surface area contributed by atoms with Gasteiger partial charge in [0, 0.05) is 7.11 Å². The minimum Gasteiger partial charge on any atom is -0.479 e. The van der Waals surface area contributed by atoms with Crippen LogP contribution in [0.15, 0.2) is 24.3 Å². The highest BCUT2D eigenvalue weighted by Gasteiger charge is 2.20. The Morgan fingerprint density at radius 1 is 1.39 bits per heavy atom. The fraction of sp³-hybridized carbons (Fsp3) is 0.286. The van der Waals surface area contributed by atoms with Gasteiger partial charge in [0.25, 0.3) is 5.91 Å². The van der Waals surface area contributed by atoms with Gasteiger partial charge in [-0.2, -0.15) is 0 Å². The van der Waals surface area contributed by atoms with Gasteiger partial charge in [0.2, 0.25) is 5.82 Å². The van der Waals surface area contributed by atoms with E-state index in [1.54, 1.807) is 6.92 Å². The highest BCUT2D eigenvalue weighted by Crippen LogP contribution is 2.10. The van der Waals surface area contributed by atoms with Crippen LogP contribution in [-0.4, -0.2) is 51.5 Å². The molecule has 1 aromatic heterocycles. The summed E-state index contributed by atoms with van der Waals surface area (Å²) in [7, 11) is 1.23. The van der Waals surface area contributed by atoms with Crippen molar-refractivity contribution in [1.29, 1.82) is 0 Å². The molecule has 0 aliphatic heterocycles.